The fourth-order valence-electron chi connectivity index (χ4n) is 0.684. The molecule has 0 aromatic carbocycles. The molecule has 9 heavy (non-hydrogen) atoms. The molecule has 0 amide bonds. The molecule has 3 heteroatoms. The van der Waals surface area contributed by atoms with Crippen molar-refractivity contribution >= 4 is 12.6 Å². The maximum atomic E-state index is 4.79. The molecule has 49 valence electrons. The highest BCUT2D eigenvalue weighted by molar-refractivity contribution is 7.80. The van der Waals surface area contributed by atoms with Crippen LogP contribution in [0.3, 0.4) is 0 Å². The zero-order chi connectivity index (χ0) is 6.53. The van der Waals surface area contributed by atoms with Crippen LogP contribution in [0.15, 0.2) is 12.5 Å². The summed E-state index contributed by atoms with van der Waals surface area (Å²) in [7, 11) is 0. The molecular weight excluding hydrogens is 132 g/mol. The molecule has 0 spiro atoms. The van der Waals surface area contributed by atoms with Gasteiger partial charge in [-0.3, -0.25) is 0 Å². The van der Waals surface area contributed by atoms with Crippen LogP contribution >= 0.6 is 12.6 Å². The van der Waals surface area contributed by atoms with Gasteiger partial charge in [0, 0.05) is 17.6 Å². The van der Waals surface area contributed by atoms with Crippen LogP contribution < -0.4 is 0 Å². The molecule has 0 unspecified atom stereocenters. The molecule has 1 N–H and O–H groups in total. The first-order valence-corrected chi connectivity index (χ1v) is 3.56. The van der Waals surface area contributed by atoms with Gasteiger partial charge in [-0.15, -0.1) is 0 Å². The average molecular weight is 141 g/mol. The predicted molar refractivity (Wildman–Crippen MR) is 39.4 cm³/mol. The highest BCUT2D eigenvalue weighted by Crippen LogP contribution is 1.96. The third kappa shape index (κ3) is 2.10. The summed E-state index contributed by atoms with van der Waals surface area (Å²) in [6, 6.07) is 0. The molecule has 1 aromatic rings. The largest absolute Gasteiger partial charge is 0.348 e. The Balaban J connectivity index is 2.30. The second-order valence-corrected chi connectivity index (χ2v) is 2.29. The van der Waals surface area contributed by atoms with E-state index in [9.17, 15) is 0 Å². The lowest BCUT2D eigenvalue weighted by atomic mass is 10.3. The van der Waals surface area contributed by atoms with E-state index in [-0.39, 0.29) is 0 Å². The first-order valence-electron chi connectivity index (χ1n) is 2.99. The molecule has 0 aliphatic rings. The van der Waals surface area contributed by atoms with Crippen LogP contribution in [0.4, 0.5) is 0 Å². The zero-order valence-corrected chi connectivity index (χ0v) is 5.95. The molecule has 1 heterocycles. The fourth-order valence-corrected chi connectivity index (χ4v) is 0.828. The van der Waals surface area contributed by atoms with Crippen LogP contribution in [0, 0.1) is 0 Å². The third-order valence-electron chi connectivity index (χ3n) is 1.15. The standard InChI is InChI=1S/C6H9N2S/c9-3-1-2-6-4-7-5-8-6/h4-5H,1-3H2,(H,7,8). The average Bonchev–Trinajstić information content (AvgIpc) is 2.34. The number of hydrogen-bond donors (Lipinski definition) is 1. The molecular formula is C6H9N2S. The summed E-state index contributed by atoms with van der Waals surface area (Å²) in [6.45, 7) is 0. The fraction of sp³-hybridized carbons (Fsp3) is 0.500. The summed E-state index contributed by atoms with van der Waals surface area (Å²) in [5, 5.41) is 0. The van der Waals surface area contributed by atoms with E-state index in [2.05, 4.69) is 9.97 Å². The Hall–Kier alpha value is -0.440. The first kappa shape index (κ1) is 6.68. The van der Waals surface area contributed by atoms with Crippen LogP contribution in [0.5, 0.6) is 0 Å². The van der Waals surface area contributed by atoms with Crippen molar-refractivity contribution in [1.82, 2.24) is 9.97 Å². The van der Waals surface area contributed by atoms with E-state index in [0.717, 1.165) is 18.6 Å². The van der Waals surface area contributed by atoms with Gasteiger partial charge in [0.15, 0.2) is 0 Å². The maximum absolute atomic E-state index is 4.79. The Morgan fingerprint density at radius 3 is 3.11 bits per heavy atom. The number of imidazole rings is 1. The van der Waals surface area contributed by atoms with E-state index >= 15 is 0 Å². The van der Waals surface area contributed by atoms with Gasteiger partial charge >= 0.3 is 0 Å². The van der Waals surface area contributed by atoms with Crippen molar-refractivity contribution < 1.29 is 0 Å². The molecule has 2 nitrogen and oxygen atoms in total. The van der Waals surface area contributed by atoms with Gasteiger partial charge in [-0.05, 0) is 12.8 Å². The van der Waals surface area contributed by atoms with E-state index in [4.69, 9.17) is 12.6 Å². The third-order valence-corrected chi connectivity index (χ3v) is 1.43. The number of nitrogens with one attached hydrogen (secondary N) is 1. The van der Waals surface area contributed by atoms with Gasteiger partial charge in [0.2, 0.25) is 0 Å². The van der Waals surface area contributed by atoms with E-state index in [1.54, 1.807) is 6.33 Å². The molecule has 0 bridgehead atoms. The summed E-state index contributed by atoms with van der Waals surface area (Å²) >= 11 is 4.79. The van der Waals surface area contributed by atoms with E-state index in [0.29, 0.717) is 0 Å². The molecule has 1 rings (SSSR count). The minimum Gasteiger partial charge on any atom is -0.348 e. The van der Waals surface area contributed by atoms with Gasteiger partial charge in [-0.1, -0.05) is 12.6 Å². The Kier molecular flexibility index (Phi) is 2.64. The highest BCUT2D eigenvalue weighted by Gasteiger charge is 1.90. The quantitative estimate of drug-likeness (QED) is 0.679. The van der Waals surface area contributed by atoms with Crippen molar-refractivity contribution in [1.29, 1.82) is 0 Å². The predicted octanol–water partition coefficient (Wildman–Crippen LogP) is 1.54. The molecule has 0 saturated carbocycles. The summed E-state index contributed by atoms with van der Waals surface area (Å²) in [5.41, 5.74) is 1.18. The molecule has 0 fully saturated rings. The Bertz CT molecular complexity index is 148. The normalized spacial score (nSPS) is 9.89. The van der Waals surface area contributed by atoms with E-state index < -0.39 is 0 Å². The molecule has 1 radical (unpaired) electrons. The van der Waals surface area contributed by atoms with Crippen LogP contribution in [0.2, 0.25) is 0 Å². The topological polar surface area (TPSA) is 28.7 Å². The van der Waals surface area contributed by atoms with Gasteiger partial charge in [0.25, 0.3) is 0 Å². The summed E-state index contributed by atoms with van der Waals surface area (Å²) in [5.74, 6) is 0.832. The molecule has 1 aromatic heterocycles. The molecule has 0 aliphatic heterocycles. The van der Waals surface area contributed by atoms with Gasteiger partial charge in [0.1, 0.15) is 0 Å². The molecule has 0 atom stereocenters. The van der Waals surface area contributed by atoms with Gasteiger partial charge in [-0.2, -0.15) is 0 Å². The van der Waals surface area contributed by atoms with Crippen LogP contribution in [0.25, 0.3) is 0 Å². The Labute approximate surface area is 60.1 Å². The summed E-state index contributed by atoms with van der Waals surface area (Å²) in [4.78, 5) is 6.90. The van der Waals surface area contributed by atoms with Gasteiger partial charge in [0.05, 0.1) is 6.33 Å². The number of nitrogens with zero attached hydrogens (tertiary/aromatic N) is 1. The Morgan fingerprint density at radius 1 is 1.67 bits per heavy atom. The van der Waals surface area contributed by atoms with Crippen molar-refractivity contribution in [3.8, 4) is 0 Å². The van der Waals surface area contributed by atoms with Crippen molar-refractivity contribution in [3.63, 3.8) is 0 Å². The van der Waals surface area contributed by atoms with Crippen LogP contribution in [0.1, 0.15) is 12.1 Å². The number of hydrogen-bond acceptors (Lipinski definition) is 1. The van der Waals surface area contributed by atoms with E-state index in [1.165, 1.54) is 5.69 Å². The maximum Gasteiger partial charge on any atom is 0.0921 e. The monoisotopic (exact) mass is 141 g/mol. The lowest BCUT2D eigenvalue weighted by Gasteiger charge is -1.89. The van der Waals surface area contributed by atoms with Crippen molar-refractivity contribution in [2.24, 2.45) is 0 Å². The molecule has 0 saturated heterocycles. The number of aromatic amines is 1. The number of H-pyrrole nitrogens is 1. The van der Waals surface area contributed by atoms with E-state index in [1.807, 2.05) is 6.20 Å². The first-order chi connectivity index (χ1) is 4.43. The summed E-state index contributed by atoms with van der Waals surface area (Å²) in [6.07, 6.45) is 5.63. The van der Waals surface area contributed by atoms with Crippen molar-refractivity contribution in [2.75, 3.05) is 5.75 Å². The number of rotatable bonds is 3. The smallest absolute Gasteiger partial charge is 0.0921 e. The Morgan fingerprint density at radius 2 is 2.56 bits per heavy atom. The van der Waals surface area contributed by atoms with Crippen molar-refractivity contribution in [3.05, 3.63) is 18.2 Å². The zero-order valence-electron chi connectivity index (χ0n) is 5.13. The van der Waals surface area contributed by atoms with Crippen LogP contribution in [-0.4, -0.2) is 15.7 Å². The minimum absolute atomic E-state index is 0.832. The number of aryl methyl sites for hydroxylation is 1. The second-order valence-electron chi connectivity index (χ2n) is 1.88. The lowest BCUT2D eigenvalue weighted by molar-refractivity contribution is 0.904. The SMILES string of the molecule is [S]CCCc1cnc[nH]1. The highest BCUT2D eigenvalue weighted by atomic mass is 32.1. The van der Waals surface area contributed by atoms with Gasteiger partial charge < -0.3 is 4.98 Å². The lowest BCUT2D eigenvalue weighted by Crippen LogP contribution is -1.84. The summed E-state index contributed by atoms with van der Waals surface area (Å²) < 4.78 is 0. The molecule has 0 aliphatic carbocycles. The minimum atomic E-state index is 0.832. The number of aromatic nitrogens is 2. The van der Waals surface area contributed by atoms with Gasteiger partial charge in [-0.25, -0.2) is 4.98 Å². The van der Waals surface area contributed by atoms with Crippen molar-refractivity contribution in [2.45, 2.75) is 12.8 Å². The van der Waals surface area contributed by atoms with Crippen LogP contribution in [-0.2, 0) is 6.42 Å². The second kappa shape index (κ2) is 3.56.